The van der Waals surface area contributed by atoms with Crippen molar-refractivity contribution in [1.29, 1.82) is 0 Å². The molecule has 1 N–H and O–H groups in total. The van der Waals surface area contributed by atoms with Gasteiger partial charge in [-0.1, -0.05) is 6.07 Å². The van der Waals surface area contributed by atoms with Crippen LogP contribution in [0.1, 0.15) is 31.4 Å². The highest BCUT2D eigenvalue weighted by Crippen LogP contribution is 2.35. The van der Waals surface area contributed by atoms with Crippen LogP contribution in [0.5, 0.6) is 5.75 Å². The number of benzene rings is 2. The van der Waals surface area contributed by atoms with Gasteiger partial charge in [0.1, 0.15) is 11.4 Å². The third kappa shape index (κ3) is 3.95. The first-order valence-corrected chi connectivity index (χ1v) is 9.47. The summed E-state index contributed by atoms with van der Waals surface area (Å²) in [6.07, 6.45) is -3.14. The average molecular weight is 385 g/mol. The van der Waals surface area contributed by atoms with Crippen molar-refractivity contribution in [3.8, 4) is 5.75 Å². The van der Waals surface area contributed by atoms with Crippen molar-refractivity contribution >= 4 is 15.7 Å². The number of sulfonamides is 1. The average Bonchev–Trinajstić information content (AvgIpc) is 2.52. The third-order valence-corrected chi connectivity index (χ3v) is 5.55. The minimum atomic E-state index is -4.54. The first-order chi connectivity index (χ1) is 12.0. The normalized spacial score (nSPS) is 16.5. The summed E-state index contributed by atoms with van der Waals surface area (Å²) in [7, 11) is -4.01. The molecule has 1 aliphatic heterocycles. The molecule has 1 heterocycles. The fourth-order valence-electron chi connectivity index (χ4n) is 2.78. The van der Waals surface area contributed by atoms with Crippen LogP contribution in [0.2, 0.25) is 0 Å². The predicted octanol–water partition coefficient (Wildman–Crippen LogP) is 4.61. The molecule has 3 rings (SSSR count). The van der Waals surface area contributed by atoms with Crippen molar-refractivity contribution in [3.63, 3.8) is 0 Å². The van der Waals surface area contributed by atoms with E-state index in [-0.39, 0.29) is 16.2 Å². The molecular weight excluding hydrogens is 367 g/mol. The SMILES string of the molecule is CC1(C)CCc2cc(S(=O)(=O)Nc3cccc(C(F)(F)F)c3)ccc2O1. The van der Waals surface area contributed by atoms with E-state index in [1.54, 1.807) is 6.07 Å². The van der Waals surface area contributed by atoms with Crippen LogP contribution in [0.15, 0.2) is 47.4 Å². The van der Waals surface area contributed by atoms with Crippen LogP contribution >= 0.6 is 0 Å². The zero-order chi connectivity index (χ0) is 19.2. The summed E-state index contributed by atoms with van der Waals surface area (Å²) in [5.41, 5.74) is -0.617. The van der Waals surface area contributed by atoms with Gasteiger partial charge in [-0.3, -0.25) is 4.72 Å². The minimum Gasteiger partial charge on any atom is -0.488 e. The van der Waals surface area contributed by atoms with Gasteiger partial charge in [-0.2, -0.15) is 13.2 Å². The fraction of sp³-hybridized carbons (Fsp3) is 0.333. The molecule has 26 heavy (non-hydrogen) atoms. The van der Waals surface area contributed by atoms with Crippen molar-refractivity contribution < 1.29 is 26.3 Å². The molecule has 2 aromatic rings. The molecule has 0 atom stereocenters. The number of nitrogens with one attached hydrogen (secondary N) is 1. The van der Waals surface area contributed by atoms with Crippen LogP contribution in [-0.2, 0) is 22.6 Å². The maximum Gasteiger partial charge on any atom is 0.416 e. The molecule has 0 unspecified atom stereocenters. The maximum atomic E-state index is 12.8. The molecule has 0 aromatic heterocycles. The lowest BCUT2D eigenvalue weighted by Crippen LogP contribution is -2.32. The second-order valence-electron chi connectivity index (χ2n) is 6.82. The molecule has 1 aliphatic rings. The number of ether oxygens (including phenoxy) is 1. The largest absolute Gasteiger partial charge is 0.488 e. The van der Waals surface area contributed by atoms with Gasteiger partial charge in [0, 0.05) is 5.69 Å². The van der Waals surface area contributed by atoms with Gasteiger partial charge in [-0.05, 0) is 68.7 Å². The second-order valence-corrected chi connectivity index (χ2v) is 8.50. The van der Waals surface area contributed by atoms with Gasteiger partial charge in [0.2, 0.25) is 0 Å². The summed E-state index contributed by atoms with van der Waals surface area (Å²) < 4.78 is 71.5. The highest BCUT2D eigenvalue weighted by Gasteiger charge is 2.31. The first-order valence-electron chi connectivity index (χ1n) is 7.98. The highest BCUT2D eigenvalue weighted by molar-refractivity contribution is 7.92. The van der Waals surface area contributed by atoms with Crippen LogP contribution < -0.4 is 9.46 Å². The monoisotopic (exact) mass is 385 g/mol. The van der Waals surface area contributed by atoms with E-state index in [9.17, 15) is 21.6 Å². The predicted molar refractivity (Wildman–Crippen MR) is 91.7 cm³/mol. The molecule has 0 radical (unpaired) electrons. The molecular formula is C18H18F3NO3S. The van der Waals surface area contributed by atoms with E-state index in [0.717, 1.165) is 30.2 Å². The molecule has 0 aliphatic carbocycles. The number of halogens is 3. The number of anilines is 1. The Morgan fingerprint density at radius 1 is 1.12 bits per heavy atom. The molecule has 0 spiro atoms. The Morgan fingerprint density at radius 3 is 2.54 bits per heavy atom. The summed E-state index contributed by atoms with van der Waals surface area (Å²) >= 11 is 0. The highest BCUT2D eigenvalue weighted by atomic mass is 32.2. The molecule has 0 saturated heterocycles. The van der Waals surface area contributed by atoms with Crippen molar-refractivity contribution in [2.24, 2.45) is 0 Å². The first kappa shape index (κ1) is 18.6. The summed E-state index contributed by atoms with van der Waals surface area (Å²) in [5.74, 6) is 0.624. The van der Waals surface area contributed by atoms with Gasteiger partial charge in [-0.25, -0.2) is 8.42 Å². The zero-order valence-corrected chi connectivity index (χ0v) is 15.0. The Labute approximate surface area is 150 Å². The van der Waals surface area contributed by atoms with Gasteiger partial charge in [0.25, 0.3) is 10.0 Å². The standard InChI is InChI=1S/C18H18F3NO3S/c1-17(2)9-8-12-10-15(6-7-16(12)25-17)26(23,24)22-14-5-3-4-13(11-14)18(19,20)21/h3-7,10-11,22H,8-9H2,1-2H3. The molecule has 0 bridgehead atoms. The number of aryl methyl sites for hydroxylation is 1. The van der Waals surface area contributed by atoms with Gasteiger partial charge in [-0.15, -0.1) is 0 Å². The molecule has 140 valence electrons. The molecule has 0 saturated carbocycles. The Kier molecular flexibility index (Phi) is 4.42. The van der Waals surface area contributed by atoms with E-state index in [2.05, 4.69) is 4.72 Å². The number of hydrogen-bond donors (Lipinski definition) is 1. The quantitative estimate of drug-likeness (QED) is 0.840. The lowest BCUT2D eigenvalue weighted by molar-refractivity contribution is -0.137. The van der Waals surface area contributed by atoms with Crippen molar-refractivity contribution in [2.45, 2.75) is 43.4 Å². The number of fused-ring (bicyclic) bond motifs is 1. The second kappa shape index (κ2) is 6.19. The van der Waals surface area contributed by atoms with E-state index in [0.29, 0.717) is 12.2 Å². The molecule has 0 fully saturated rings. The Bertz CT molecular complexity index is 937. The van der Waals surface area contributed by atoms with Gasteiger partial charge in [0.05, 0.1) is 10.5 Å². The van der Waals surface area contributed by atoms with Gasteiger partial charge < -0.3 is 4.74 Å². The lowest BCUT2D eigenvalue weighted by Gasteiger charge is -2.32. The van der Waals surface area contributed by atoms with Crippen LogP contribution in [0.3, 0.4) is 0 Å². The Hall–Kier alpha value is -2.22. The van der Waals surface area contributed by atoms with Crippen molar-refractivity contribution in [1.82, 2.24) is 0 Å². The number of rotatable bonds is 3. The van der Waals surface area contributed by atoms with Crippen LogP contribution in [0.4, 0.5) is 18.9 Å². The van der Waals surface area contributed by atoms with E-state index in [4.69, 9.17) is 4.74 Å². The summed E-state index contributed by atoms with van der Waals surface area (Å²) in [5, 5.41) is 0. The topological polar surface area (TPSA) is 55.4 Å². The van der Waals surface area contributed by atoms with Crippen LogP contribution in [0, 0.1) is 0 Å². The summed E-state index contributed by atoms with van der Waals surface area (Å²) in [6, 6.07) is 8.55. The van der Waals surface area contributed by atoms with E-state index in [1.165, 1.54) is 18.2 Å². The molecule has 4 nitrogen and oxygen atoms in total. The van der Waals surface area contributed by atoms with Crippen LogP contribution in [0.25, 0.3) is 0 Å². The zero-order valence-electron chi connectivity index (χ0n) is 14.2. The maximum absolute atomic E-state index is 12.8. The Balaban J connectivity index is 1.88. The minimum absolute atomic E-state index is 0.0167. The van der Waals surface area contributed by atoms with Crippen LogP contribution in [-0.4, -0.2) is 14.0 Å². The molecule has 2 aromatic carbocycles. The third-order valence-electron chi connectivity index (χ3n) is 4.17. The van der Waals surface area contributed by atoms with Gasteiger partial charge in [0.15, 0.2) is 0 Å². The van der Waals surface area contributed by atoms with E-state index >= 15 is 0 Å². The molecule has 0 amide bonds. The summed E-state index contributed by atoms with van der Waals surface area (Å²) in [4.78, 5) is -0.0167. The fourth-order valence-corrected chi connectivity index (χ4v) is 3.88. The van der Waals surface area contributed by atoms with E-state index in [1.807, 2.05) is 13.8 Å². The van der Waals surface area contributed by atoms with Gasteiger partial charge >= 0.3 is 6.18 Å². The molecule has 8 heteroatoms. The number of alkyl halides is 3. The smallest absolute Gasteiger partial charge is 0.416 e. The van der Waals surface area contributed by atoms with E-state index < -0.39 is 21.8 Å². The van der Waals surface area contributed by atoms with Crippen molar-refractivity contribution in [3.05, 3.63) is 53.6 Å². The number of hydrogen-bond acceptors (Lipinski definition) is 3. The lowest BCUT2D eigenvalue weighted by atomic mass is 9.94. The Morgan fingerprint density at radius 2 is 1.85 bits per heavy atom. The van der Waals surface area contributed by atoms with Crippen molar-refractivity contribution in [2.75, 3.05) is 4.72 Å². The summed E-state index contributed by atoms with van der Waals surface area (Å²) in [6.45, 7) is 3.91.